The van der Waals surface area contributed by atoms with E-state index in [-0.39, 0.29) is 12.6 Å². The molecule has 2 fully saturated rings. The van der Waals surface area contributed by atoms with Gasteiger partial charge in [0.15, 0.2) is 5.79 Å². The largest absolute Gasteiger partial charge is 0.497 e. The molecule has 2 N–H and O–H groups in total. The van der Waals surface area contributed by atoms with Crippen LogP contribution >= 0.6 is 0 Å². The van der Waals surface area contributed by atoms with Crippen molar-refractivity contribution in [2.75, 3.05) is 26.8 Å². The molecule has 7 heteroatoms. The molecule has 0 unspecified atom stereocenters. The second kappa shape index (κ2) is 8.51. The Hall–Kier alpha value is -2.12. The molecule has 7 nitrogen and oxygen atoms in total. The molecule has 1 saturated carbocycles. The van der Waals surface area contributed by atoms with E-state index in [0.717, 1.165) is 37.0 Å². The highest BCUT2D eigenvalue weighted by molar-refractivity contribution is 6.35. The van der Waals surface area contributed by atoms with E-state index in [1.54, 1.807) is 7.11 Å². The highest BCUT2D eigenvalue weighted by atomic mass is 16.7. The standard InChI is InChI=1S/C19H26N2O5/c1-24-15-6-4-14(5-7-15)8-11-20-17(22)18(23)21-12-16-13-25-19(26-16)9-2-3-10-19/h4-7,16H,2-3,8-13H2,1H3,(H,20,22)(H,21,23)/t16-/m0/s1. The summed E-state index contributed by atoms with van der Waals surface area (Å²) in [5.74, 6) is -0.936. The predicted octanol–water partition coefficient (Wildman–Crippen LogP) is 1.16. The Morgan fingerprint density at radius 3 is 2.54 bits per heavy atom. The van der Waals surface area contributed by atoms with Crippen LogP contribution in [0.25, 0.3) is 0 Å². The van der Waals surface area contributed by atoms with Gasteiger partial charge < -0.3 is 24.8 Å². The van der Waals surface area contributed by atoms with Crippen LogP contribution in [0.4, 0.5) is 0 Å². The van der Waals surface area contributed by atoms with Crippen molar-refractivity contribution < 1.29 is 23.8 Å². The number of hydrogen-bond acceptors (Lipinski definition) is 5. The van der Waals surface area contributed by atoms with Crippen LogP contribution in [0.2, 0.25) is 0 Å². The molecule has 26 heavy (non-hydrogen) atoms. The van der Waals surface area contributed by atoms with Crippen LogP contribution < -0.4 is 15.4 Å². The van der Waals surface area contributed by atoms with E-state index in [1.807, 2.05) is 24.3 Å². The number of carbonyl (C=O) groups excluding carboxylic acids is 2. The Morgan fingerprint density at radius 1 is 1.15 bits per heavy atom. The molecular weight excluding hydrogens is 336 g/mol. The fourth-order valence-electron chi connectivity index (χ4n) is 3.37. The van der Waals surface area contributed by atoms with Crippen molar-refractivity contribution in [2.45, 2.75) is 44.0 Å². The molecule has 1 atom stereocenters. The quantitative estimate of drug-likeness (QED) is 0.742. The summed E-state index contributed by atoms with van der Waals surface area (Å²) in [5.41, 5.74) is 1.06. The van der Waals surface area contributed by atoms with Crippen LogP contribution in [0.5, 0.6) is 5.75 Å². The van der Waals surface area contributed by atoms with Gasteiger partial charge in [0.25, 0.3) is 0 Å². The van der Waals surface area contributed by atoms with Gasteiger partial charge in [-0.25, -0.2) is 0 Å². The van der Waals surface area contributed by atoms with E-state index in [2.05, 4.69) is 10.6 Å². The first-order chi connectivity index (χ1) is 12.6. The Morgan fingerprint density at radius 2 is 1.85 bits per heavy atom. The summed E-state index contributed by atoms with van der Waals surface area (Å²) in [6.45, 7) is 1.14. The van der Waals surface area contributed by atoms with Gasteiger partial charge in [0.2, 0.25) is 0 Å². The normalized spacial score (nSPS) is 20.9. The molecule has 1 saturated heterocycles. The van der Waals surface area contributed by atoms with Crippen molar-refractivity contribution in [1.82, 2.24) is 10.6 Å². The second-order valence-electron chi connectivity index (χ2n) is 6.73. The van der Waals surface area contributed by atoms with Gasteiger partial charge in [-0.2, -0.15) is 0 Å². The third-order valence-corrected chi connectivity index (χ3v) is 4.83. The minimum absolute atomic E-state index is 0.191. The number of ether oxygens (including phenoxy) is 3. The molecule has 3 rings (SSSR count). The zero-order valence-corrected chi connectivity index (χ0v) is 15.1. The van der Waals surface area contributed by atoms with Crippen LogP contribution in [-0.2, 0) is 25.5 Å². The number of nitrogens with one attached hydrogen (secondary N) is 2. The molecule has 1 aliphatic heterocycles. The number of benzene rings is 1. The summed E-state index contributed by atoms with van der Waals surface area (Å²) in [6, 6.07) is 7.60. The van der Waals surface area contributed by atoms with Gasteiger partial charge in [-0.1, -0.05) is 12.1 Å². The smallest absolute Gasteiger partial charge is 0.309 e. The topological polar surface area (TPSA) is 85.9 Å². The Labute approximate surface area is 153 Å². The molecule has 0 bridgehead atoms. The molecule has 1 heterocycles. The summed E-state index contributed by atoms with van der Waals surface area (Å²) in [5, 5.41) is 5.25. The predicted molar refractivity (Wildman–Crippen MR) is 94.7 cm³/mol. The number of amides is 2. The Balaban J connectivity index is 1.33. The number of carbonyl (C=O) groups is 2. The summed E-state index contributed by atoms with van der Waals surface area (Å²) < 4.78 is 16.8. The fourth-order valence-corrected chi connectivity index (χ4v) is 3.37. The first-order valence-electron chi connectivity index (χ1n) is 9.11. The zero-order valence-electron chi connectivity index (χ0n) is 15.1. The number of methoxy groups -OCH3 is 1. The molecule has 2 aliphatic rings. The van der Waals surface area contributed by atoms with Gasteiger partial charge >= 0.3 is 11.8 Å². The molecule has 2 amide bonds. The van der Waals surface area contributed by atoms with Crippen molar-refractivity contribution in [3.8, 4) is 5.75 Å². The highest BCUT2D eigenvalue weighted by Crippen LogP contribution is 2.38. The highest BCUT2D eigenvalue weighted by Gasteiger charge is 2.43. The average Bonchev–Trinajstić information content (AvgIpc) is 3.30. The van der Waals surface area contributed by atoms with Crippen molar-refractivity contribution in [3.05, 3.63) is 29.8 Å². The summed E-state index contributed by atoms with van der Waals surface area (Å²) >= 11 is 0. The molecule has 1 aliphatic carbocycles. The summed E-state index contributed by atoms with van der Waals surface area (Å²) in [7, 11) is 1.62. The second-order valence-corrected chi connectivity index (χ2v) is 6.73. The molecule has 1 aromatic rings. The average molecular weight is 362 g/mol. The first kappa shape index (κ1) is 18.7. The summed E-state index contributed by atoms with van der Waals surface area (Å²) in [4.78, 5) is 23.8. The van der Waals surface area contributed by atoms with Crippen LogP contribution in [-0.4, -0.2) is 50.5 Å². The lowest BCUT2D eigenvalue weighted by molar-refractivity contribution is -0.161. The SMILES string of the molecule is COc1ccc(CCNC(=O)C(=O)NC[C@H]2COC3(CCCC3)O2)cc1. The van der Waals surface area contributed by atoms with E-state index in [9.17, 15) is 9.59 Å². The molecule has 1 aromatic carbocycles. The van der Waals surface area contributed by atoms with Crippen LogP contribution in [0.1, 0.15) is 31.2 Å². The van der Waals surface area contributed by atoms with E-state index in [4.69, 9.17) is 14.2 Å². The monoisotopic (exact) mass is 362 g/mol. The van der Waals surface area contributed by atoms with Gasteiger partial charge in [0.05, 0.1) is 13.7 Å². The first-order valence-corrected chi connectivity index (χ1v) is 9.11. The minimum Gasteiger partial charge on any atom is -0.497 e. The van der Waals surface area contributed by atoms with Gasteiger partial charge in [0, 0.05) is 25.9 Å². The van der Waals surface area contributed by atoms with E-state index >= 15 is 0 Å². The van der Waals surface area contributed by atoms with E-state index in [1.165, 1.54) is 0 Å². The maximum absolute atomic E-state index is 11.9. The van der Waals surface area contributed by atoms with Crippen molar-refractivity contribution in [1.29, 1.82) is 0 Å². The van der Waals surface area contributed by atoms with Gasteiger partial charge in [-0.3, -0.25) is 9.59 Å². The lowest BCUT2D eigenvalue weighted by Crippen LogP contribution is -2.44. The fraction of sp³-hybridized carbons (Fsp3) is 0.579. The molecule has 1 spiro atoms. The lowest BCUT2D eigenvalue weighted by Gasteiger charge is -2.21. The van der Waals surface area contributed by atoms with E-state index in [0.29, 0.717) is 19.6 Å². The zero-order chi connectivity index (χ0) is 18.4. The maximum Gasteiger partial charge on any atom is 0.309 e. The molecule has 0 radical (unpaired) electrons. The van der Waals surface area contributed by atoms with E-state index < -0.39 is 17.6 Å². The van der Waals surface area contributed by atoms with Crippen LogP contribution in [0, 0.1) is 0 Å². The molecular formula is C19H26N2O5. The van der Waals surface area contributed by atoms with Crippen LogP contribution in [0.3, 0.4) is 0 Å². The molecule has 0 aromatic heterocycles. The van der Waals surface area contributed by atoms with Gasteiger partial charge in [-0.15, -0.1) is 0 Å². The molecule has 142 valence electrons. The maximum atomic E-state index is 11.9. The van der Waals surface area contributed by atoms with Gasteiger partial charge in [0.1, 0.15) is 11.9 Å². The number of hydrogen-bond donors (Lipinski definition) is 2. The lowest BCUT2D eigenvalue weighted by atomic mass is 10.1. The Kier molecular flexibility index (Phi) is 6.11. The van der Waals surface area contributed by atoms with Crippen molar-refractivity contribution in [3.63, 3.8) is 0 Å². The van der Waals surface area contributed by atoms with Crippen LogP contribution in [0.15, 0.2) is 24.3 Å². The Bertz CT molecular complexity index is 625. The third-order valence-electron chi connectivity index (χ3n) is 4.83. The summed E-state index contributed by atoms with van der Waals surface area (Å²) in [6.07, 6.45) is 4.48. The van der Waals surface area contributed by atoms with Gasteiger partial charge in [-0.05, 0) is 37.0 Å². The van der Waals surface area contributed by atoms with Crippen molar-refractivity contribution >= 4 is 11.8 Å². The minimum atomic E-state index is -0.643. The number of rotatable bonds is 6. The van der Waals surface area contributed by atoms with Crippen molar-refractivity contribution in [2.24, 2.45) is 0 Å². The third kappa shape index (κ3) is 4.74.